The molecule has 0 N–H and O–H groups in total. The zero-order chi connectivity index (χ0) is 8.20. The number of Topliss-reactive ketones (excluding diaryl/α,β-unsaturated/α-hetero) is 1. The normalized spacial score (nSPS) is 15.8. The fourth-order valence-corrected chi connectivity index (χ4v) is 0.0510. The van der Waals surface area contributed by atoms with Crippen molar-refractivity contribution in [2.45, 2.75) is 45.5 Å². The van der Waals surface area contributed by atoms with E-state index in [1.165, 1.54) is 6.04 Å². The quantitative estimate of drug-likeness (QED) is 0.536. The Hall–Kier alpha value is -0.113. The Morgan fingerprint density at radius 2 is 1.50 bits per heavy atom. The summed E-state index contributed by atoms with van der Waals surface area (Å²) in [6.07, 6.45) is 1.69. The SMILES string of the molecule is CC[Si](C)(C)C.O=C1CC1. The summed E-state index contributed by atoms with van der Waals surface area (Å²) in [4.78, 5) is 9.56. The van der Waals surface area contributed by atoms with Gasteiger partial charge in [-0.3, -0.25) is 4.79 Å². The van der Waals surface area contributed by atoms with Crippen molar-refractivity contribution >= 4 is 13.9 Å². The Balaban J connectivity index is 0.000000172. The molecular weight excluding hydrogens is 140 g/mol. The summed E-state index contributed by atoms with van der Waals surface area (Å²) in [5.41, 5.74) is 0. The van der Waals surface area contributed by atoms with Gasteiger partial charge in [-0.25, -0.2) is 0 Å². The standard InChI is InChI=1S/C5H14Si.C3H4O/c1-5-6(2,3)4;4-3-1-2-3/h5H2,1-4H3;1-2H2. The molecule has 10 heavy (non-hydrogen) atoms. The monoisotopic (exact) mass is 158 g/mol. The van der Waals surface area contributed by atoms with Crippen molar-refractivity contribution < 1.29 is 4.79 Å². The summed E-state index contributed by atoms with van der Waals surface area (Å²) in [5.74, 6) is 0.417. The van der Waals surface area contributed by atoms with Gasteiger partial charge in [0.05, 0.1) is 0 Å². The van der Waals surface area contributed by atoms with Gasteiger partial charge < -0.3 is 0 Å². The summed E-state index contributed by atoms with van der Waals surface area (Å²) in [6, 6.07) is 1.41. The lowest BCUT2D eigenvalue weighted by Gasteiger charge is -2.09. The van der Waals surface area contributed by atoms with E-state index in [0.29, 0.717) is 5.78 Å². The third kappa shape index (κ3) is 10.8. The topological polar surface area (TPSA) is 17.1 Å². The van der Waals surface area contributed by atoms with Crippen LogP contribution in [0.2, 0.25) is 25.7 Å². The van der Waals surface area contributed by atoms with Crippen molar-refractivity contribution in [2.24, 2.45) is 0 Å². The van der Waals surface area contributed by atoms with Crippen molar-refractivity contribution in [3.63, 3.8) is 0 Å². The number of carbonyl (C=O) groups is 1. The maximum absolute atomic E-state index is 9.56. The van der Waals surface area contributed by atoms with Gasteiger partial charge in [-0.1, -0.05) is 32.6 Å². The Morgan fingerprint density at radius 3 is 1.50 bits per heavy atom. The highest BCUT2D eigenvalue weighted by atomic mass is 28.3. The highest BCUT2D eigenvalue weighted by molar-refractivity contribution is 6.75. The largest absolute Gasteiger partial charge is 0.300 e. The number of carbonyl (C=O) groups excluding carboxylic acids is 1. The molecule has 1 rings (SSSR count). The van der Waals surface area contributed by atoms with Crippen molar-refractivity contribution in [1.29, 1.82) is 0 Å². The van der Waals surface area contributed by atoms with Crippen LogP contribution in [0.3, 0.4) is 0 Å². The minimum absolute atomic E-state index is 0.417. The predicted molar refractivity (Wildman–Crippen MR) is 48.1 cm³/mol. The van der Waals surface area contributed by atoms with E-state index in [0.717, 1.165) is 12.8 Å². The highest BCUT2D eigenvalue weighted by Crippen LogP contribution is 2.08. The van der Waals surface area contributed by atoms with Gasteiger partial charge in [-0.15, -0.1) is 0 Å². The molecule has 0 amide bonds. The molecule has 0 saturated heterocycles. The van der Waals surface area contributed by atoms with Gasteiger partial charge in [0.1, 0.15) is 5.78 Å². The Labute approximate surface area is 64.8 Å². The first-order valence-electron chi connectivity index (χ1n) is 3.97. The second-order valence-electron chi connectivity index (χ2n) is 3.95. The van der Waals surface area contributed by atoms with Crippen molar-refractivity contribution in [1.82, 2.24) is 0 Å². The Morgan fingerprint density at radius 1 is 1.30 bits per heavy atom. The Bertz CT molecular complexity index is 107. The molecule has 2 heteroatoms. The molecule has 0 aliphatic heterocycles. The van der Waals surface area contributed by atoms with Crippen LogP contribution >= 0.6 is 0 Å². The van der Waals surface area contributed by atoms with Crippen LogP contribution in [-0.4, -0.2) is 13.9 Å². The van der Waals surface area contributed by atoms with Gasteiger partial charge in [-0.2, -0.15) is 0 Å². The van der Waals surface area contributed by atoms with Crippen molar-refractivity contribution in [3.05, 3.63) is 0 Å². The Kier molecular flexibility index (Phi) is 3.87. The third-order valence-corrected chi connectivity index (χ3v) is 3.64. The third-order valence-electron chi connectivity index (χ3n) is 1.51. The smallest absolute Gasteiger partial charge is 0.133 e. The highest BCUT2D eigenvalue weighted by Gasteiger charge is 2.13. The molecule has 1 fully saturated rings. The van der Waals surface area contributed by atoms with E-state index >= 15 is 0 Å². The fourth-order valence-electron chi connectivity index (χ4n) is 0.0510. The molecule has 0 radical (unpaired) electrons. The predicted octanol–water partition coefficient (Wildman–Crippen LogP) is 2.69. The van der Waals surface area contributed by atoms with Crippen LogP contribution in [-0.2, 0) is 4.79 Å². The lowest BCUT2D eigenvalue weighted by molar-refractivity contribution is -0.109. The molecule has 1 nitrogen and oxygen atoms in total. The van der Waals surface area contributed by atoms with E-state index < -0.39 is 8.07 Å². The summed E-state index contributed by atoms with van der Waals surface area (Å²) in [5, 5.41) is 0. The maximum Gasteiger partial charge on any atom is 0.133 e. The van der Waals surface area contributed by atoms with Gasteiger partial charge in [0.25, 0.3) is 0 Å². The minimum Gasteiger partial charge on any atom is -0.300 e. The van der Waals surface area contributed by atoms with Gasteiger partial charge in [0.15, 0.2) is 0 Å². The summed E-state index contributed by atoms with van der Waals surface area (Å²) >= 11 is 0. The zero-order valence-corrected chi connectivity index (χ0v) is 8.53. The lowest BCUT2D eigenvalue weighted by Crippen LogP contribution is -2.16. The second kappa shape index (κ2) is 3.91. The molecule has 1 aliphatic rings. The average Bonchev–Trinajstić information content (AvgIpc) is 2.51. The molecule has 60 valence electrons. The maximum atomic E-state index is 9.56. The second-order valence-corrected chi connectivity index (χ2v) is 9.78. The zero-order valence-electron chi connectivity index (χ0n) is 7.53. The fraction of sp³-hybridized carbons (Fsp3) is 0.875. The van der Waals surface area contributed by atoms with Crippen molar-refractivity contribution in [3.8, 4) is 0 Å². The molecule has 0 aromatic carbocycles. The number of rotatable bonds is 1. The summed E-state index contributed by atoms with van der Waals surface area (Å²) in [7, 11) is -0.631. The first kappa shape index (κ1) is 9.89. The van der Waals surface area contributed by atoms with E-state index in [2.05, 4.69) is 26.6 Å². The first-order chi connectivity index (χ1) is 4.45. The number of hydrogen-bond donors (Lipinski definition) is 0. The van der Waals surface area contributed by atoms with Crippen LogP contribution in [0.5, 0.6) is 0 Å². The molecule has 0 spiro atoms. The molecular formula is C8H18OSi. The molecule has 1 saturated carbocycles. The van der Waals surface area contributed by atoms with Crippen LogP contribution in [0.15, 0.2) is 0 Å². The molecule has 0 bridgehead atoms. The van der Waals surface area contributed by atoms with E-state index in [9.17, 15) is 4.79 Å². The van der Waals surface area contributed by atoms with Crippen LogP contribution in [0.1, 0.15) is 19.8 Å². The van der Waals surface area contributed by atoms with Gasteiger partial charge in [0.2, 0.25) is 0 Å². The first-order valence-corrected chi connectivity index (χ1v) is 7.68. The molecule has 0 aromatic rings. The molecule has 0 atom stereocenters. The van der Waals surface area contributed by atoms with Gasteiger partial charge in [0, 0.05) is 20.9 Å². The molecule has 1 aliphatic carbocycles. The molecule has 0 aromatic heterocycles. The minimum atomic E-state index is -0.631. The number of hydrogen-bond acceptors (Lipinski definition) is 1. The van der Waals surface area contributed by atoms with Crippen LogP contribution in [0.4, 0.5) is 0 Å². The summed E-state index contributed by atoms with van der Waals surface area (Å²) < 4.78 is 0. The van der Waals surface area contributed by atoms with Crippen LogP contribution < -0.4 is 0 Å². The van der Waals surface area contributed by atoms with E-state index in [4.69, 9.17) is 0 Å². The lowest BCUT2D eigenvalue weighted by atomic mass is 10.9. The molecule has 0 unspecified atom stereocenters. The van der Waals surface area contributed by atoms with Gasteiger partial charge in [-0.05, 0) is 0 Å². The van der Waals surface area contributed by atoms with E-state index in [1.54, 1.807) is 0 Å². The molecule has 0 heterocycles. The number of ketones is 1. The van der Waals surface area contributed by atoms with Gasteiger partial charge >= 0.3 is 0 Å². The van der Waals surface area contributed by atoms with Crippen molar-refractivity contribution in [2.75, 3.05) is 0 Å². The van der Waals surface area contributed by atoms with Crippen LogP contribution in [0.25, 0.3) is 0 Å². The summed E-state index contributed by atoms with van der Waals surface area (Å²) in [6.45, 7) is 9.42. The van der Waals surface area contributed by atoms with Crippen LogP contribution in [0, 0.1) is 0 Å². The average molecular weight is 158 g/mol. The van der Waals surface area contributed by atoms with E-state index in [1.807, 2.05) is 0 Å². The van der Waals surface area contributed by atoms with E-state index in [-0.39, 0.29) is 0 Å².